The molecule has 15 heavy (non-hydrogen) atoms. The molecule has 82 valence electrons. The van der Waals surface area contributed by atoms with Crippen LogP contribution in [-0.2, 0) is 0 Å². The summed E-state index contributed by atoms with van der Waals surface area (Å²) in [5.41, 5.74) is 5.39. The molecule has 0 bridgehead atoms. The Morgan fingerprint density at radius 1 is 1.27 bits per heavy atom. The van der Waals surface area contributed by atoms with Crippen LogP contribution in [0.3, 0.4) is 0 Å². The minimum Gasteiger partial charge on any atom is -0.307 e. The largest absolute Gasteiger partial charge is 0.307 e. The van der Waals surface area contributed by atoms with Crippen molar-refractivity contribution in [2.24, 2.45) is 0 Å². The van der Waals surface area contributed by atoms with Crippen LogP contribution in [0.1, 0.15) is 35.2 Å². The summed E-state index contributed by atoms with van der Waals surface area (Å²) in [5.74, 6) is 0. The van der Waals surface area contributed by atoms with Gasteiger partial charge in [0.25, 0.3) is 0 Å². The van der Waals surface area contributed by atoms with Crippen LogP contribution >= 0.6 is 0 Å². The molecule has 1 heteroatoms. The molecule has 0 heterocycles. The SMILES string of the molecule is C=CC(NCC)c1c(C)cc(C)cc1C. The summed E-state index contributed by atoms with van der Waals surface area (Å²) in [4.78, 5) is 0. The molecule has 0 amide bonds. The van der Waals surface area contributed by atoms with E-state index in [0.29, 0.717) is 0 Å². The number of aryl methyl sites for hydroxylation is 3. The fourth-order valence-electron chi connectivity index (χ4n) is 2.20. The lowest BCUT2D eigenvalue weighted by atomic mass is 9.94. The van der Waals surface area contributed by atoms with Crippen LogP contribution in [0.2, 0.25) is 0 Å². The first-order chi connectivity index (χ1) is 7.10. The van der Waals surface area contributed by atoms with Crippen molar-refractivity contribution in [3.05, 3.63) is 47.0 Å². The van der Waals surface area contributed by atoms with E-state index >= 15 is 0 Å². The Bertz CT molecular complexity index is 329. The zero-order chi connectivity index (χ0) is 11.4. The quantitative estimate of drug-likeness (QED) is 0.739. The zero-order valence-electron chi connectivity index (χ0n) is 10.2. The predicted molar refractivity (Wildman–Crippen MR) is 67.3 cm³/mol. The molecule has 1 rings (SSSR count). The maximum absolute atomic E-state index is 3.90. The minimum absolute atomic E-state index is 0.274. The smallest absolute Gasteiger partial charge is 0.0508 e. The van der Waals surface area contributed by atoms with Crippen molar-refractivity contribution < 1.29 is 0 Å². The minimum atomic E-state index is 0.274. The number of hydrogen-bond donors (Lipinski definition) is 1. The maximum atomic E-state index is 3.90. The van der Waals surface area contributed by atoms with Crippen LogP contribution in [0.4, 0.5) is 0 Å². The molecule has 0 aromatic heterocycles. The lowest BCUT2D eigenvalue weighted by Gasteiger charge is -2.19. The van der Waals surface area contributed by atoms with Gasteiger partial charge in [-0.05, 0) is 44.0 Å². The van der Waals surface area contributed by atoms with Crippen molar-refractivity contribution in [2.75, 3.05) is 6.54 Å². The van der Waals surface area contributed by atoms with E-state index < -0.39 is 0 Å². The van der Waals surface area contributed by atoms with E-state index in [1.807, 2.05) is 6.08 Å². The average molecular weight is 203 g/mol. The summed E-state index contributed by atoms with van der Waals surface area (Å²) in [5, 5.41) is 3.43. The monoisotopic (exact) mass is 203 g/mol. The standard InChI is InChI=1S/C14H21N/c1-6-13(15-7-2)14-11(4)8-10(3)9-12(14)5/h6,8-9,13,15H,1,7H2,2-5H3. The van der Waals surface area contributed by atoms with Gasteiger partial charge in [-0.2, -0.15) is 0 Å². The van der Waals surface area contributed by atoms with Gasteiger partial charge in [0.2, 0.25) is 0 Å². The normalized spacial score (nSPS) is 12.5. The molecule has 1 nitrogen and oxygen atoms in total. The lowest BCUT2D eigenvalue weighted by Crippen LogP contribution is -2.20. The first kappa shape index (κ1) is 12.0. The van der Waals surface area contributed by atoms with Gasteiger partial charge in [0.15, 0.2) is 0 Å². The van der Waals surface area contributed by atoms with Gasteiger partial charge in [-0.15, -0.1) is 6.58 Å². The van der Waals surface area contributed by atoms with E-state index in [1.165, 1.54) is 22.3 Å². The summed E-state index contributed by atoms with van der Waals surface area (Å²) in [6.07, 6.45) is 1.98. The topological polar surface area (TPSA) is 12.0 Å². The first-order valence-corrected chi connectivity index (χ1v) is 5.53. The highest BCUT2D eigenvalue weighted by molar-refractivity contribution is 5.41. The molecule has 1 aromatic carbocycles. The van der Waals surface area contributed by atoms with Crippen molar-refractivity contribution in [3.63, 3.8) is 0 Å². The number of hydrogen-bond acceptors (Lipinski definition) is 1. The first-order valence-electron chi connectivity index (χ1n) is 5.53. The molecule has 0 radical (unpaired) electrons. The third kappa shape index (κ3) is 2.69. The third-order valence-corrected chi connectivity index (χ3v) is 2.71. The van der Waals surface area contributed by atoms with Crippen molar-refractivity contribution in [2.45, 2.75) is 33.7 Å². The van der Waals surface area contributed by atoms with Crippen LogP contribution in [0.15, 0.2) is 24.8 Å². The third-order valence-electron chi connectivity index (χ3n) is 2.71. The van der Waals surface area contributed by atoms with Crippen LogP contribution in [0.5, 0.6) is 0 Å². The molecule has 1 atom stereocenters. The highest BCUT2D eigenvalue weighted by atomic mass is 14.9. The fourth-order valence-corrected chi connectivity index (χ4v) is 2.20. The van der Waals surface area contributed by atoms with E-state index in [4.69, 9.17) is 0 Å². The van der Waals surface area contributed by atoms with Gasteiger partial charge in [-0.1, -0.05) is 30.7 Å². The molecular weight excluding hydrogens is 182 g/mol. The lowest BCUT2D eigenvalue weighted by molar-refractivity contribution is 0.643. The predicted octanol–water partition coefficient (Wildman–Crippen LogP) is 3.45. The van der Waals surface area contributed by atoms with Gasteiger partial charge in [0, 0.05) is 0 Å². The van der Waals surface area contributed by atoms with Crippen molar-refractivity contribution >= 4 is 0 Å². The summed E-state index contributed by atoms with van der Waals surface area (Å²) < 4.78 is 0. The van der Waals surface area contributed by atoms with Crippen molar-refractivity contribution in [1.82, 2.24) is 5.32 Å². The second-order valence-electron chi connectivity index (χ2n) is 4.08. The van der Waals surface area contributed by atoms with Crippen LogP contribution in [-0.4, -0.2) is 6.54 Å². The molecule has 0 aliphatic carbocycles. The molecule has 0 spiro atoms. The van der Waals surface area contributed by atoms with E-state index in [9.17, 15) is 0 Å². The summed E-state index contributed by atoms with van der Waals surface area (Å²) in [6, 6.07) is 4.74. The molecule has 0 aliphatic rings. The molecule has 0 aliphatic heterocycles. The van der Waals surface area contributed by atoms with Gasteiger partial charge in [-0.25, -0.2) is 0 Å². The molecule has 1 N–H and O–H groups in total. The van der Waals surface area contributed by atoms with Crippen molar-refractivity contribution in [1.29, 1.82) is 0 Å². The summed E-state index contributed by atoms with van der Waals surface area (Å²) in [7, 11) is 0. The Kier molecular flexibility index (Phi) is 4.10. The van der Waals surface area contributed by atoms with Gasteiger partial charge >= 0.3 is 0 Å². The maximum Gasteiger partial charge on any atom is 0.0508 e. The molecule has 0 saturated heterocycles. The average Bonchev–Trinajstić information content (AvgIpc) is 2.14. The molecule has 0 fully saturated rings. The summed E-state index contributed by atoms with van der Waals surface area (Å²) >= 11 is 0. The van der Waals surface area contributed by atoms with E-state index in [2.05, 4.69) is 51.7 Å². The van der Waals surface area contributed by atoms with E-state index in [0.717, 1.165) is 6.54 Å². The second-order valence-corrected chi connectivity index (χ2v) is 4.08. The van der Waals surface area contributed by atoms with E-state index in [-0.39, 0.29) is 6.04 Å². The Balaban J connectivity index is 3.16. The van der Waals surface area contributed by atoms with Gasteiger partial charge in [-0.3, -0.25) is 0 Å². The van der Waals surface area contributed by atoms with Gasteiger partial charge < -0.3 is 5.32 Å². The molecule has 1 aromatic rings. The van der Waals surface area contributed by atoms with Crippen LogP contribution in [0.25, 0.3) is 0 Å². The Hall–Kier alpha value is -1.08. The fraction of sp³-hybridized carbons (Fsp3) is 0.429. The van der Waals surface area contributed by atoms with Gasteiger partial charge in [0.1, 0.15) is 0 Å². The number of benzene rings is 1. The van der Waals surface area contributed by atoms with E-state index in [1.54, 1.807) is 0 Å². The number of likely N-dealkylation sites (N-methyl/N-ethyl adjacent to an activating group) is 1. The zero-order valence-corrected chi connectivity index (χ0v) is 10.2. The Morgan fingerprint density at radius 2 is 1.80 bits per heavy atom. The second kappa shape index (κ2) is 5.13. The summed E-state index contributed by atoms with van der Waals surface area (Å²) in [6.45, 7) is 13.5. The number of nitrogens with one attached hydrogen (secondary N) is 1. The highest BCUT2D eigenvalue weighted by Crippen LogP contribution is 2.24. The molecular formula is C14H21N. The molecule has 0 saturated carbocycles. The Morgan fingerprint density at radius 3 is 2.20 bits per heavy atom. The number of rotatable bonds is 4. The van der Waals surface area contributed by atoms with Gasteiger partial charge in [0.05, 0.1) is 6.04 Å². The molecule has 1 unspecified atom stereocenters. The Labute approximate surface area is 93.2 Å². The van der Waals surface area contributed by atoms with Crippen LogP contribution in [0, 0.1) is 20.8 Å². The van der Waals surface area contributed by atoms with Crippen molar-refractivity contribution in [3.8, 4) is 0 Å². The van der Waals surface area contributed by atoms with Crippen LogP contribution < -0.4 is 5.32 Å². The highest BCUT2D eigenvalue weighted by Gasteiger charge is 2.11.